The Morgan fingerprint density at radius 2 is 0.642 bits per heavy atom. The molecule has 10 aromatic rings. The lowest BCUT2D eigenvalue weighted by Crippen LogP contribution is -2.40. The number of fused-ring (bicyclic) bond motifs is 2. The van der Waals surface area contributed by atoms with Gasteiger partial charge in [0.1, 0.15) is 46.0 Å². The van der Waals surface area contributed by atoms with E-state index in [0.717, 1.165) is 27.2 Å². The van der Waals surface area contributed by atoms with E-state index in [2.05, 4.69) is 88.1 Å². The molecule has 0 saturated carbocycles. The lowest BCUT2D eigenvalue weighted by atomic mass is 9.81. The average Bonchev–Trinajstić information content (AvgIpc) is 1.11. The van der Waals surface area contributed by atoms with Gasteiger partial charge in [-0.3, -0.25) is 14.6 Å². The third kappa shape index (κ3) is 9.58. The monoisotopic (exact) mass is 1080 g/mol. The van der Waals surface area contributed by atoms with E-state index in [4.69, 9.17) is 18.9 Å². The summed E-state index contributed by atoms with van der Waals surface area (Å²) in [7, 11) is 0. The van der Waals surface area contributed by atoms with Crippen LogP contribution < -0.4 is 23.8 Å². The van der Waals surface area contributed by atoms with Gasteiger partial charge in [0, 0.05) is 55.5 Å². The third-order valence-electron chi connectivity index (χ3n) is 15.2. The molecule has 12 nitrogen and oxygen atoms in total. The Kier molecular flexibility index (Phi) is 12.7. The van der Waals surface area contributed by atoms with Gasteiger partial charge in [0.25, 0.3) is 11.8 Å². The van der Waals surface area contributed by atoms with E-state index >= 15 is 9.59 Å². The van der Waals surface area contributed by atoms with E-state index in [9.17, 15) is 19.8 Å². The van der Waals surface area contributed by atoms with Gasteiger partial charge in [-0.05, 0) is 129 Å². The van der Waals surface area contributed by atoms with Crippen LogP contribution in [0.25, 0.3) is 43.1 Å². The number of amides is 2. The summed E-state index contributed by atoms with van der Waals surface area (Å²) < 4.78 is 28.1. The predicted molar refractivity (Wildman–Crippen MR) is 318 cm³/mol. The highest BCUT2D eigenvalue weighted by atomic mass is 16.5. The smallest absolute Gasteiger partial charge is 0.336 e. The first-order valence-corrected chi connectivity index (χ1v) is 26.9. The van der Waals surface area contributed by atoms with Crippen LogP contribution in [0.1, 0.15) is 147 Å². The summed E-state index contributed by atoms with van der Waals surface area (Å²) in [6, 6.07) is 39.1. The number of nitrogens with zero attached hydrogens (tertiary/aromatic N) is 2. The highest BCUT2D eigenvalue weighted by Gasteiger charge is 2.40. The Balaban J connectivity index is 1.37. The number of imide groups is 1. The molecule has 408 valence electrons. The van der Waals surface area contributed by atoms with Crippen molar-refractivity contribution in [1.29, 1.82) is 0 Å². The molecular weight excluding hydrogens is 1020 g/mol. The summed E-state index contributed by atoms with van der Waals surface area (Å²) in [5.74, 6) is -2.45. The minimum atomic E-state index is -1.43. The Hall–Kier alpha value is -9.29. The first-order chi connectivity index (χ1) is 38.2. The molecule has 9 aromatic carbocycles. The molecule has 0 fully saturated rings. The molecule has 0 radical (unpaired) electrons. The van der Waals surface area contributed by atoms with Crippen LogP contribution in [0.3, 0.4) is 0 Å². The molecule has 2 heterocycles. The lowest BCUT2D eigenvalue weighted by Gasteiger charge is -2.31. The zero-order valence-electron chi connectivity index (χ0n) is 47.4. The Labute approximate surface area is 469 Å². The number of pyridine rings is 1. The Bertz CT molecular complexity index is 3950. The largest absolute Gasteiger partial charge is 0.478 e. The van der Waals surface area contributed by atoms with Crippen molar-refractivity contribution in [2.24, 2.45) is 0 Å². The van der Waals surface area contributed by atoms with E-state index in [1.165, 1.54) is 24.5 Å². The molecule has 2 amide bonds. The molecule has 0 unspecified atom stereocenters. The van der Waals surface area contributed by atoms with Gasteiger partial charge < -0.3 is 29.2 Å². The van der Waals surface area contributed by atoms with Gasteiger partial charge in [0.15, 0.2) is 0 Å². The predicted octanol–water partition coefficient (Wildman–Crippen LogP) is 17.7. The van der Waals surface area contributed by atoms with Crippen molar-refractivity contribution in [2.75, 3.05) is 4.90 Å². The number of hydrogen-bond acceptors (Lipinski definition) is 9. The maximum absolute atomic E-state index is 15.5. The van der Waals surface area contributed by atoms with E-state index < -0.39 is 23.8 Å². The molecule has 81 heavy (non-hydrogen) atoms. The fourth-order valence-corrected chi connectivity index (χ4v) is 10.8. The molecule has 2 N–H and O–H groups in total. The number of aromatic carboxylic acids is 2. The van der Waals surface area contributed by atoms with Crippen molar-refractivity contribution in [1.82, 2.24) is 4.98 Å². The van der Waals surface area contributed by atoms with Gasteiger partial charge >= 0.3 is 11.9 Å². The second kappa shape index (κ2) is 19.2. The van der Waals surface area contributed by atoms with Gasteiger partial charge in [-0.15, -0.1) is 0 Å². The summed E-state index contributed by atoms with van der Waals surface area (Å²) in [4.78, 5) is 64.2. The first kappa shape index (κ1) is 53.7. The van der Waals surface area contributed by atoms with Gasteiger partial charge in [-0.1, -0.05) is 132 Å². The molecule has 1 aromatic heterocycles. The zero-order valence-corrected chi connectivity index (χ0v) is 47.4. The standard InChI is InChI=1S/C69H62N2O10/c1-66(2,3)37-13-21-42(22-14-37)78-50-33-46-54-47(63(73)71(62(46)72)41-29-31-70-32-30-41)34-51(79-43-23-15-38(16-24-43)67(4,5)6)57-59-53(81-45-27-19-40(20-28-45)69(10,11)12)36-49(65(76)77)55-48(64(74)75)35-52(58(61(55)59)56(50)60(54)57)80-44-25-17-39(18-26-44)68(7,8)9/h13-36H,1-12H3,(H,74,75)(H,76,77). The van der Waals surface area contributed by atoms with Crippen molar-refractivity contribution in [3.05, 3.63) is 190 Å². The SMILES string of the molecule is CC(C)(C)c1ccc(Oc2cc(C(=O)O)c3c(C(=O)O)cc(Oc4ccc(C(C)(C)C)cc4)c4c5c(Oc6ccc(C(C)(C)C)cc6)cc6c7c(cc(Oc8ccc(C(C)(C)C)cc8)c(c2c34)c75)C(=O)N(c2ccncc2)C6=O)cc1. The van der Waals surface area contributed by atoms with Crippen LogP contribution in [0, 0.1) is 0 Å². The molecule has 0 bridgehead atoms. The summed E-state index contributed by atoms with van der Waals surface area (Å²) in [5, 5.41) is 24.2. The van der Waals surface area contributed by atoms with E-state index in [1.807, 2.05) is 72.8 Å². The van der Waals surface area contributed by atoms with Crippen molar-refractivity contribution < 1.29 is 48.3 Å². The molecule has 0 atom stereocenters. The van der Waals surface area contributed by atoms with E-state index in [-0.39, 0.29) is 110 Å². The maximum Gasteiger partial charge on any atom is 0.336 e. The van der Waals surface area contributed by atoms with E-state index in [0.29, 0.717) is 28.4 Å². The third-order valence-corrected chi connectivity index (χ3v) is 15.2. The van der Waals surface area contributed by atoms with Gasteiger partial charge in [-0.25, -0.2) is 14.5 Å². The van der Waals surface area contributed by atoms with Gasteiger partial charge in [0.05, 0.1) is 27.9 Å². The molecular formula is C69H62N2O10. The average molecular weight is 1080 g/mol. The molecule has 0 aliphatic carbocycles. The van der Waals surface area contributed by atoms with Crippen molar-refractivity contribution >= 4 is 72.5 Å². The molecule has 0 spiro atoms. The quantitative estimate of drug-likeness (QED) is 0.0720. The van der Waals surface area contributed by atoms with E-state index in [1.54, 1.807) is 48.5 Å². The fraction of sp³-hybridized carbons (Fsp3) is 0.232. The molecule has 12 heteroatoms. The number of aromatic nitrogens is 1. The zero-order chi connectivity index (χ0) is 57.8. The number of ether oxygens (including phenoxy) is 4. The topological polar surface area (TPSA) is 162 Å². The maximum atomic E-state index is 15.5. The van der Waals surface area contributed by atoms with Crippen LogP contribution >= 0.6 is 0 Å². The number of carbonyl (C=O) groups excluding carboxylic acids is 2. The number of carboxylic acid groups (broad SMARTS) is 2. The van der Waals surface area contributed by atoms with Crippen molar-refractivity contribution in [2.45, 2.75) is 105 Å². The van der Waals surface area contributed by atoms with Crippen LogP contribution in [0.4, 0.5) is 5.69 Å². The fourth-order valence-electron chi connectivity index (χ4n) is 10.8. The molecule has 1 aliphatic rings. The Morgan fingerprint density at radius 3 is 0.914 bits per heavy atom. The van der Waals surface area contributed by atoms with Gasteiger partial charge in [0.2, 0.25) is 0 Å². The normalized spacial score (nSPS) is 13.2. The molecule has 11 rings (SSSR count). The number of benzene rings is 9. The minimum Gasteiger partial charge on any atom is -0.478 e. The number of anilines is 1. The van der Waals surface area contributed by atoms with Gasteiger partial charge in [-0.2, -0.15) is 0 Å². The van der Waals surface area contributed by atoms with Crippen LogP contribution in [-0.2, 0) is 21.7 Å². The Morgan fingerprint density at radius 1 is 0.370 bits per heavy atom. The summed E-state index contributed by atoms with van der Waals surface area (Å²) >= 11 is 0. The second-order valence-corrected chi connectivity index (χ2v) is 25.0. The number of carbonyl (C=O) groups is 4. The number of rotatable bonds is 11. The van der Waals surface area contributed by atoms with Crippen LogP contribution in [0.15, 0.2) is 146 Å². The minimum absolute atomic E-state index is 0.0130. The van der Waals surface area contributed by atoms with Crippen LogP contribution in [-0.4, -0.2) is 39.0 Å². The summed E-state index contributed by atoms with van der Waals surface area (Å²) in [5.41, 5.74) is 2.98. The lowest BCUT2D eigenvalue weighted by molar-refractivity contribution is 0.0695. The van der Waals surface area contributed by atoms with Crippen molar-refractivity contribution in [3.63, 3.8) is 0 Å². The molecule has 0 saturated heterocycles. The summed E-state index contributed by atoms with van der Waals surface area (Å²) in [6.07, 6.45) is 3.00. The second-order valence-electron chi connectivity index (χ2n) is 25.0. The van der Waals surface area contributed by atoms with Crippen molar-refractivity contribution in [3.8, 4) is 46.0 Å². The highest BCUT2D eigenvalue weighted by molar-refractivity contribution is 6.46. The number of carboxylic acids is 2. The highest BCUT2D eigenvalue weighted by Crippen LogP contribution is 2.57. The first-order valence-electron chi connectivity index (χ1n) is 26.9. The van der Waals surface area contributed by atoms with Crippen LogP contribution in [0.5, 0.6) is 46.0 Å². The summed E-state index contributed by atoms with van der Waals surface area (Å²) in [6.45, 7) is 25.2. The molecule has 1 aliphatic heterocycles. The van der Waals surface area contributed by atoms with Crippen LogP contribution in [0.2, 0.25) is 0 Å². The number of hydrogen-bond donors (Lipinski definition) is 2.